The van der Waals surface area contributed by atoms with E-state index in [0.29, 0.717) is 39.8 Å². The number of phenolic OH excluding ortho intramolecular Hbond substituents is 4. The first-order valence-corrected chi connectivity index (χ1v) is 6.76. The second-order valence-corrected chi connectivity index (χ2v) is 5.53. The maximum Gasteiger partial charge on any atom is 0.125 e. The second kappa shape index (κ2) is 5.20. The Balaban J connectivity index is 2.54. The lowest BCUT2D eigenvalue weighted by molar-refractivity contribution is 0.433. The Labute approximate surface area is 123 Å². The van der Waals surface area contributed by atoms with Crippen LogP contribution in [0.3, 0.4) is 0 Å². The molecule has 0 fully saturated rings. The summed E-state index contributed by atoms with van der Waals surface area (Å²) in [5.41, 5.74) is 3.46. The Bertz CT molecular complexity index is 656. The summed E-state index contributed by atoms with van der Waals surface area (Å²) in [7, 11) is 0. The third kappa shape index (κ3) is 2.49. The lowest BCUT2D eigenvalue weighted by atomic mass is 9.95. The van der Waals surface area contributed by atoms with Crippen molar-refractivity contribution in [3.05, 3.63) is 45.5 Å². The normalized spacial score (nSPS) is 10.9. The molecular weight excluding hydrogens is 268 g/mol. The van der Waals surface area contributed by atoms with Crippen molar-refractivity contribution >= 4 is 0 Å². The van der Waals surface area contributed by atoms with E-state index >= 15 is 0 Å². The molecule has 112 valence electrons. The molecule has 0 saturated heterocycles. The van der Waals surface area contributed by atoms with Gasteiger partial charge in [-0.25, -0.2) is 0 Å². The van der Waals surface area contributed by atoms with Crippen molar-refractivity contribution in [2.75, 3.05) is 0 Å². The number of rotatable bonds is 2. The number of phenols is 4. The van der Waals surface area contributed by atoms with Gasteiger partial charge in [-0.05, 0) is 62.1 Å². The molecule has 2 aromatic carbocycles. The average molecular weight is 288 g/mol. The third-order valence-corrected chi connectivity index (χ3v) is 3.94. The fourth-order valence-corrected chi connectivity index (χ4v) is 2.57. The van der Waals surface area contributed by atoms with E-state index in [2.05, 4.69) is 0 Å². The van der Waals surface area contributed by atoms with Crippen molar-refractivity contribution in [1.82, 2.24) is 0 Å². The Hall–Kier alpha value is -2.36. The molecule has 4 N–H and O–H groups in total. The minimum Gasteiger partial charge on any atom is -0.507 e. The van der Waals surface area contributed by atoms with Gasteiger partial charge in [-0.2, -0.15) is 0 Å². The summed E-state index contributed by atoms with van der Waals surface area (Å²) in [6.45, 7) is 6.82. The topological polar surface area (TPSA) is 80.9 Å². The number of aryl methyl sites for hydroxylation is 2. The van der Waals surface area contributed by atoms with Gasteiger partial charge in [0.15, 0.2) is 0 Å². The molecule has 2 aromatic rings. The van der Waals surface area contributed by atoms with E-state index in [1.165, 1.54) is 0 Å². The Kier molecular flexibility index (Phi) is 3.73. The number of benzene rings is 2. The van der Waals surface area contributed by atoms with Crippen LogP contribution in [-0.2, 0) is 6.42 Å². The second-order valence-electron chi connectivity index (χ2n) is 5.53. The van der Waals surface area contributed by atoms with Gasteiger partial charge in [0.25, 0.3) is 0 Å². The molecule has 0 amide bonds. The Morgan fingerprint density at radius 1 is 0.619 bits per heavy atom. The van der Waals surface area contributed by atoms with E-state index in [4.69, 9.17) is 0 Å². The minimum absolute atomic E-state index is 0.0286. The van der Waals surface area contributed by atoms with Gasteiger partial charge < -0.3 is 20.4 Å². The maximum atomic E-state index is 10.2. The predicted molar refractivity (Wildman–Crippen MR) is 81.3 cm³/mol. The molecule has 0 aliphatic heterocycles. The zero-order chi connectivity index (χ0) is 15.9. The van der Waals surface area contributed by atoms with Gasteiger partial charge >= 0.3 is 0 Å². The molecule has 4 heteroatoms. The van der Waals surface area contributed by atoms with E-state index in [0.717, 1.165) is 0 Å². The van der Waals surface area contributed by atoms with Crippen molar-refractivity contribution < 1.29 is 20.4 Å². The molecule has 0 bridgehead atoms. The number of hydrogen-bond acceptors (Lipinski definition) is 4. The highest BCUT2D eigenvalue weighted by atomic mass is 16.3. The molecule has 0 atom stereocenters. The predicted octanol–water partition coefficient (Wildman–Crippen LogP) is 3.33. The Morgan fingerprint density at radius 2 is 0.952 bits per heavy atom. The molecule has 0 aliphatic rings. The maximum absolute atomic E-state index is 10.2. The van der Waals surface area contributed by atoms with Crippen LogP contribution in [0.2, 0.25) is 0 Å². The molecule has 2 rings (SSSR count). The smallest absolute Gasteiger partial charge is 0.125 e. The van der Waals surface area contributed by atoms with E-state index in [-0.39, 0.29) is 23.0 Å². The quantitative estimate of drug-likeness (QED) is 0.683. The first-order valence-electron chi connectivity index (χ1n) is 6.76. The summed E-state index contributed by atoms with van der Waals surface area (Å²) in [6, 6.07) is 3.41. The molecule has 0 radical (unpaired) electrons. The monoisotopic (exact) mass is 288 g/mol. The molecule has 0 aliphatic carbocycles. The van der Waals surface area contributed by atoms with Gasteiger partial charge in [-0.3, -0.25) is 0 Å². The summed E-state index contributed by atoms with van der Waals surface area (Å²) in [5.74, 6) is 0.221. The van der Waals surface area contributed by atoms with E-state index in [1.807, 2.05) is 0 Å². The zero-order valence-corrected chi connectivity index (χ0v) is 12.7. The number of aromatic hydroxyl groups is 4. The van der Waals surface area contributed by atoms with Gasteiger partial charge in [0.1, 0.15) is 23.0 Å². The summed E-state index contributed by atoms with van der Waals surface area (Å²) < 4.78 is 0. The van der Waals surface area contributed by atoms with Crippen LogP contribution in [0, 0.1) is 27.7 Å². The van der Waals surface area contributed by atoms with E-state index in [9.17, 15) is 20.4 Å². The van der Waals surface area contributed by atoms with E-state index in [1.54, 1.807) is 39.8 Å². The molecular formula is C17H20O4. The first-order chi connectivity index (χ1) is 9.73. The van der Waals surface area contributed by atoms with Gasteiger partial charge in [0.05, 0.1) is 0 Å². The van der Waals surface area contributed by atoms with Crippen LogP contribution >= 0.6 is 0 Å². The highest BCUT2D eigenvalue weighted by molar-refractivity contribution is 5.57. The molecule has 0 unspecified atom stereocenters. The fraction of sp³-hybridized carbons (Fsp3) is 0.294. The van der Waals surface area contributed by atoms with Crippen molar-refractivity contribution in [3.8, 4) is 23.0 Å². The van der Waals surface area contributed by atoms with Gasteiger partial charge in [0, 0.05) is 17.5 Å². The van der Waals surface area contributed by atoms with Crippen LogP contribution in [0.15, 0.2) is 12.1 Å². The SMILES string of the molecule is Cc1cc(Cc2cc(C)c(O)c(C)c2O)c(O)c(C)c1O. The highest BCUT2D eigenvalue weighted by Gasteiger charge is 2.16. The summed E-state index contributed by atoms with van der Waals surface area (Å²) in [6.07, 6.45) is 0.321. The first kappa shape index (κ1) is 15.0. The van der Waals surface area contributed by atoms with Gasteiger partial charge in [-0.15, -0.1) is 0 Å². The van der Waals surface area contributed by atoms with Crippen LogP contribution in [0.25, 0.3) is 0 Å². The largest absolute Gasteiger partial charge is 0.507 e. The lowest BCUT2D eigenvalue weighted by Crippen LogP contribution is -1.96. The van der Waals surface area contributed by atoms with Crippen LogP contribution < -0.4 is 0 Å². The van der Waals surface area contributed by atoms with Crippen LogP contribution in [-0.4, -0.2) is 20.4 Å². The number of hydrogen-bond donors (Lipinski definition) is 4. The molecule has 0 spiro atoms. The summed E-state index contributed by atoms with van der Waals surface area (Å²) in [4.78, 5) is 0. The molecule has 0 saturated carbocycles. The van der Waals surface area contributed by atoms with E-state index < -0.39 is 0 Å². The van der Waals surface area contributed by atoms with Crippen LogP contribution in [0.1, 0.15) is 33.4 Å². The Morgan fingerprint density at radius 3 is 1.29 bits per heavy atom. The minimum atomic E-state index is 0.0286. The van der Waals surface area contributed by atoms with Gasteiger partial charge in [-0.1, -0.05) is 0 Å². The zero-order valence-electron chi connectivity index (χ0n) is 12.7. The lowest BCUT2D eigenvalue weighted by Gasteiger charge is -2.15. The van der Waals surface area contributed by atoms with Crippen molar-refractivity contribution in [2.24, 2.45) is 0 Å². The summed E-state index contributed by atoms with van der Waals surface area (Å²) >= 11 is 0. The summed E-state index contributed by atoms with van der Waals surface area (Å²) in [5, 5.41) is 39.9. The molecule has 4 nitrogen and oxygen atoms in total. The molecule has 0 aromatic heterocycles. The third-order valence-electron chi connectivity index (χ3n) is 3.94. The van der Waals surface area contributed by atoms with Gasteiger partial charge in [0.2, 0.25) is 0 Å². The van der Waals surface area contributed by atoms with Crippen molar-refractivity contribution in [1.29, 1.82) is 0 Å². The van der Waals surface area contributed by atoms with Crippen LogP contribution in [0.5, 0.6) is 23.0 Å². The molecule has 21 heavy (non-hydrogen) atoms. The highest BCUT2D eigenvalue weighted by Crippen LogP contribution is 2.38. The van der Waals surface area contributed by atoms with Crippen molar-refractivity contribution in [3.63, 3.8) is 0 Å². The average Bonchev–Trinajstić information content (AvgIpc) is 2.45. The van der Waals surface area contributed by atoms with Crippen LogP contribution in [0.4, 0.5) is 0 Å². The molecule has 0 heterocycles. The van der Waals surface area contributed by atoms with Crippen molar-refractivity contribution in [2.45, 2.75) is 34.1 Å². The standard InChI is InChI=1S/C17H20O4/c1-8-5-12(16(20)10(3)14(8)18)7-13-6-9(2)15(19)11(4)17(13)21/h5-6,18-21H,7H2,1-4H3. The fourth-order valence-electron chi connectivity index (χ4n) is 2.57.